The monoisotopic (exact) mass is 249 g/mol. The summed E-state index contributed by atoms with van der Waals surface area (Å²) in [5.41, 5.74) is 2.50. The third-order valence-electron chi connectivity index (χ3n) is 3.36. The molecule has 0 aliphatic heterocycles. The molecule has 0 aliphatic rings. The minimum Gasteiger partial charge on any atom is -0.481 e. The number of carboxylic acids is 1. The van der Waals surface area contributed by atoms with Gasteiger partial charge in [-0.2, -0.15) is 0 Å². The maximum absolute atomic E-state index is 10.9. The van der Waals surface area contributed by atoms with E-state index in [1.165, 1.54) is 11.1 Å². The molecule has 0 bridgehead atoms. The quantitative estimate of drug-likeness (QED) is 0.842. The number of aliphatic carboxylic acids is 1. The highest BCUT2D eigenvalue weighted by Crippen LogP contribution is 2.23. The van der Waals surface area contributed by atoms with Crippen LogP contribution in [0.25, 0.3) is 0 Å². The molecule has 0 aromatic heterocycles. The molecule has 0 amide bonds. The second-order valence-electron chi connectivity index (χ2n) is 5.01. The molecule has 1 aromatic rings. The van der Waals surface area contributed by atoms with Gasteiger partial charge in [-0.15, -0.1) is 0 Å². The first-order valence-corrected chi connectivity index (χ1v) is 6.45. The molecule has 0 saturated carbocycles. The molecule has 0 saturated heterocycles. The van der Waals surface area contributed by atoms with Gasteiger partial charge in [-0.3, -0.25) is 9.69 Å². The van der Waals surface area contributed by atoms with E-state index in [2.05, 4.69) is 43.0 Å². The SMILES string of the molecule is CCC(c1ccc(C)cc1)N(C)CC(C)C(=O)O. The molecule has 1 rings (SSSR count). The smallest absolute Gasteiger partial charge is 0.307 e. The van der Waals surface area contributed by atoms with Gasteiger partial charge >= 0.3 is 5.97 Å². The van der Waals surface area contributed by atoms with Gasteiger partial charge in [0.1, 0.15) is 0 Å². The highest BCUT2D eigenvalue weighted by molar-refractivity contribution is 5.69. The summed E-state index contributed by atoms with van der Waals surface area (Å²) in [6, 6.07) is 8.75. The van der Waals surface area contributed by atoms with Crippen LogP contribution in [0, 0.1) is 12.8 Å². The molecule has 0 heterocycles. The molecule has 100 valence electrons. The molecule has 0 aliphatic carbocycles. The summed E-state index contributed by atoms with van der Waals surface area (Å²) in [7, 11) is 1.99. The fourth-order valence-electron chi connectivity index (χ4n) is 2.23. The minimum atomic E-state index is -0.736. The Bertz CT molecular complexity index is 386. The van der Waals surface area contributed by atoms with E-state index in [-0.39, 0.29) is 12.0 Å². The number of benzene rings is 1. The molecular weight excluding hydrogens is 226 g/mol. The second-order valence-corrected chi connectivity index (χ2v) is 5.01. The number of nitrogens with zero attached hydrogens (tertiary/aromatic N) is 1. The first kappa shape index (κ1) is 14.7. The predicted octanol–water partition coefficient (Wildman–Crippen LogP) is 3.10. The van der Waals surface area contributed by atoms with Crippen LogP contribution < -0.4 is 0 Å². The highest BCUT2D eigenvalue weighted by Gasteiger charge is 2.20. The Labute approximate surface area is 109 Å². The maximum atomic E-state index is 10.9. The van der Waals surface area contributed by atoms with Crippen molar-refractivity contribution < 1.29 is 9.90 Å². The number of carboxylic acid groups (broad SMARTS) is 1. The molecule has 3 heteroatoms. The number of carbonyl (C=O) groups is 1. The van der Waals surface area contributed by atoms with Crippen LogP contribution in [0.3, 0.4) is 0 Å². The lowest BCUT2D eigenvalue weighted by atomic mass is 10.0. The van der Waals surface area contributed by atoms with E-state index >= 15 is 0 Å². The van der Waals surface area contributed by atoms with Gasteiger partial charge in [0, 0.05) is 12.6 Å². The third kappa shape index (κ3) is 3.84. The van der Waals surface area contributed by atoms with Crippen molar-refractivity contribution in [3.05, 3.63) is 35.4 Å². The van der Waals surface area contributed by atoms with Crippen molar-refractivity contribution >= 4 is 5.97 Å². The van der Waals surface area contributed by atoms with E-state index < -0.39 is 5.97 Å². The molecule has 0 spiro atoms. The summed E-state index contributed by atoms with van der Waals surface area (Å²) in [6.07, 6.45) is 0.978. The Hall–Kier alpha value is -1.35. The Kier molecular flexibility index (Phi) is 5.35. The number of aryl methyl sites for hydroxylation is 1. The first-order chi connectivity index (χ1) is 8.45. The molecule has 0 fully saturated rings. The van der Waals surface area contributed by atoms with Gasteiger partial charge in [0.25, 0.3) is 0 Å². The summed E-state index contributed by atoms with van der Waals surface area (Å²) in [4.78, 5) is 13.0. The summed E-state index contributed by atoms with van der Waals surface area (Å²) < 4.78 is 0. The lowest BCUT2D eigenvalue weighted by molar-refractivity contribution is -0.141. The normalized spacial score (nSPS) is 14.5. The van der Waals surface area contributed by atoms with Crippen molar-refractivity contribution in [2.75, 3.05) is 13.6 Å². The van der Waals surface area contributed by atoms with Gasteiger partial charge in [-0.1, -0.05) is 43.7 Å². The van der Waals surface area contributed by atoms with Crippen molar-refractivity contribution in [3.63, 3.8) is 0 Å². The van der Waals surface area contributed by atoms with Gasteiger partial charge in [0.15, 0.2) is 0 Å². The maximum Gasteiger partial charge on any atom is 0.307 e. The van der Waals surface area contributed by atoms with Crippen LogP contribution in [0.5, 0.6) is 0 Å². The summed E-state index contributed by atoms with van der Waals surface area (Å²) in [5, 5.41) is 8.97. The molecule has 2 unspecified atom stereocenters. The van der Waals surface area contributed by atoms with Gasteiger partial charge in [0.2, 0.25) is 0 Å². The van der Waals surface area contributed by atoms with E-state index in [0.717, 1.165) is 6.42 Å². The summed E-state index contributed by atoms with van der Waals surface area (Å²) in [5.74, 6) is -1.07. The van der Waals surface area contributed by atoms with Gasteiger partial charge < -0.3 is 5.11 Å². The zero-order valence-corrected chi connectivity index (χ0v) is 11.7. The van der Waals surface area contributed by atoms with E-state index in [4.69, 9.17) is 5.11 Å². The van der Waals surface area contributed by atoms with Crippen LogP contribution in [-0.2, 0) is 4.79 Å². The molecule has 0 radical (unpaired) electrons. The minimum absolute atomic E-state index is 0.285. The molecule has 1 N–H and O–H groups in total. The Morgan fingerprint density at radius 1 is 1.33 bits per heavy atom. The fraction of sp³-hybridized carbons (Fsp3) is 0.533. The molecule has 3 nitrogen and oxygen atoms in total. The van der Waals surface area contributed by atoms with Gasteiger partial charge in [-0.05, 0) is 26.0 Å². The van der Waals surface area contributed by atoms with Crippen LogP contribution in [0.2, 0.25) is 0 Å². The average Bonchev–Trinajstić information content (AvgIpc) is 2.32. The number of hydrogen-bond acceptors (Lipinski definition) is 2. The van der Waals surface area contributed by atoms with Crippen molar-refractivity contribution in [1.29, 1.82) is 0 Å². The molecule has 1 aromatic carbocycles. The van der Waals surface area contributed by atoms with E-state index in [1.54, 1.807) is 6.92 Å². The third-order valence-corrected chi connectivity index (χ3v) is 3.36. The standard InChI is InChI=1S/C15H23NO2/c1-5-14(13-8-6-11(2)7-9-13)16(4)10-12(3)15(17)18/h6-9,12,14H,5,10H2,1-4H3,(H,17,18). The van der Waals surface area contributed by atoms with Crippen molar-refractivity contribution in [1.82, 2.24) is 4.90 Å². The first-order valence-electron chi connectivity index (χ1n) is 6.45. The fourth-order valence-corrected chi connectivity index (χ4v) is 2.23. The van der Waals surface area contributed by atoms with Crippen molar-refractivity contribution in [2.45, 2.75) is 33.2 Å². The summed E-state index contributed by atoms with van der Waals surface area (Å²) >= 11 is 0. The summed E-state index contributed by atoms with van der Waals surface area (Å²) in [6.45, 7) is 6.52. The van der Waals surface area contributed by atoms with Crippen LogP contribution in [-0.4, -0.2) is 29.6 Å². The second kappa shape index (κ2) is 6.55. The zero-order valence-electron chi connectivity index (χ0n) is 11.7. The Morgan fingerprint density at radius 2 is 1.89 bits per heavy atom. The van der Waals surface area contributed by atoms with E-state index in [1.807, 2.05) is 7.05 Å². The number of hydrogen-bond donors (Lipinski definition) is 1. The van der Waals surface area contributed by atoms with E-state index in [0.29, 0.717) is 6.54 Å². The van der Waals surface area contributed by atoms with Crippen LogP contribution in [0.15, 0.2) is 24.3 Å². The van der Waals surface area contributed by atoms with Crippen LogP contribution in [0.4, 0.5) is 0 Å². The van der Waals surface area contributed by atoms with E-state index in [9.17, 15) is 4.79 Å². The molecule has 2 atom stereocenters. The highest BCUT2D eigenvalue weighted by atomic mass is 16.4. The Balaban J connectivity index is 2.76. The van der Waals surface area contributed by atoms with Crippen LogP contribution >= 0.6 is 0 Å². The predicted molar refractivity (Wildman–Crippen MR) is 73.6 cm³/mol. The molecular formula is C15H23NO2. The Morgan fingerprint density at radius 3 is 2.33 bits per heavy atom. The van der Waals surface area contributed by atoms with Gasteiger partial charge in [0.05, 0.1) is 5.92 Å². The molecule has 18 heavy (non-hydrogen) atoms. The van der Waals surface area contributed by atoms with Crippen LogP contribution in [0.1, 0.15) is 37.4 Å². The average molecular weight is 249 g/mol. The van der Waals surface area contributed by atoms with Gasteiger partial charge in [-0.25, -0.2) is 0 Å². The zero-order chi connectivity index (χ0) is 13.7. The largest absolute Gasteiger partial charge is 0.481 e. The van der Waals surface area contributed by atoms with Crippen molar-refractivity contribution in [2.24, 2.45) is 5.92 Å². The number of rotatable bonds is 6. The lowest BCUT2D eigenvalue weighted by Crippen LogP contribution is -2.31. The topological polar surface area (TPSA) is 40.5 Å². The van der Waals surface area contributed by atoms with Crippen molar-refractivity contribution in [3.8, 4) is 0 Å². The lowest BCUT2D eigenvalue weighted by Gasteiger charge is -2.29.